The number of aromatic nitrogens is 2. The molecule has 0 radical (unpaired) electrons. The summed E-state index contributed by atoms with van der Waals surface area (Å²) in [6.07, 6.45) is 2.37. The number of aliphatic hydroxyl groups excluding tert-OH is 1. The number of aliphatic hydroxyl groups is 1. The van der Waals surface area contributed by atoms with E-state index in [4.69, 9.17) is 10.5 Å². The van der Waals surface area contributed by atoms with E-state index in [1.165, 1.54) is 4.31 Å². The fourth-order valence-electron chi connectivity index (χ4n) is 4.24. The minimum atomic E-state index is -3.62. The van der Waals surface area contributed by atoms with E-state index in [2.05, 4.69) is 20.2 Å². The van der Waals surface area contributed by atoms with Gasteiger partial charge in [0.05, 0.1) is 23.8 Å². The van der Waals surface area contributed by atoms with Crippen molar-refractivity contribution >= 4 is 21.8 Å². The van der Waals surface area contributed by atoms with Gasteiger partial charge in [-0.15, -0.1) is 0 Å². The van der Waals surface area contributed by atoms with Gasteiger partial charge in [-0.3, -0.25) is 4.90 Å². The van der Waals surface area contributed by atoms with Crippen LogP contribution in [0.4, 0.5) is 11.8 Å². The molecule has 0 aliphatic carbocycles. The maximum Gasteiger partial charge on any atom is 0.243 e. The highest BCUT2D eigenvalue weighted by atomic mass is 32.2. The highest BCUT2D eigenvalue weighted by Gasteiger charge is 2.27. The van der Waals surface area contributed by atoms with Crippen molar-refractivity contribution < 1.29 is 18.3 Å². The second kappa shape index (κ2) is 10.3. The summed E-state index contributed by atoms with van der Waals surface area (Å²) >= 11 is 0. The van der Waals surface area contributed by atoms with Crippen LogP contribution in [-0.2, 0) is 14.8 Å². The van der Waals surface area contributed by atoms with Gasteiger partial charge in [0.15, 0.2) is 0 Å². The second-order valence-electron chi connectivity index (χ2n) is 8.43. The highest BCUT2D eigenvalue weighted by molar-refractivity contribution is 7.89. The fraction of sp³-hybridized carbons (Fsp3) is 0.545. The van der Waals surface area contributed by atoms with Gasteiger partial charge in [0.1, 0.15) is 12.0 Å². The molecule has 1 aromatic heterocycles. The predicted octanol–water partition coefficient (Wildman–Crippen LogP) is 1.27. The molecular formula is C22H32N6O4S. The number of nitrogens with two attached hydrogens (primary N) is 1. The van der Waals surface area contributed by atoms with Gasteiger partial charge < -0.3 is 20.9 Å². The summed E-state index contributed by atoms with van der Waals surface area (Å²) in [5, 5.41) is 13.2. The summed E-state index contributed by atoms with van der Waals surface area (Å²) in [7, 11) is -3.62. The molecule has 2 saturated heterocycles. The number of sulfonamides is 1. The van der Waals surface area contributed by atoms with Crippen molar-refractivity contribution in [2.24, 2.45) is 0 Å². The van der Waals surface area contributed by atoms with E-state index in [-0.39, 0.29) is 17.1 Å². The van der Waals surface area contributed by atoms with Crippen LogP contribution in [0.3, 0.4) is 0 Å². The van der Waals surface area contributed by atoms with Crippen molar-refractivity contribution in [1.82, 2.24) is 19.2 Å². The van der Waals surface area contributed by atoms with Crippen molar-refractivity contribution in [2.45, 2.75) is 37.3 Å². The monoisotopic (exact) mass is 476 g/mol. The second-order valence-corrected chi connectivity index (χ2v) is 10.4. The fourth-order valence-corrected chi connectivity index (χ4v) is 5.67. The van der Waals surface area contributed by atoms with E-state index < -0.39 is 10.0 Å². The predicted molar refractivity (Wildman–Crippen MR) is 126 cm³/mol. The first-order chi connectivity index (χ1) is 15.8. The van der Waals surface area contributed by atoms with Crippen LogP contribution >= 0.6 is 0 Å². The first-order valence-electron chi connectivity index (χ1n) is 11.3. The van der Waals surface area contributed by atoms with Crippen molar-refractivity contribution in [3.05, 3.63) is 29.8 Å². The number of nitrogen functional groups attached to an aromatic ring is 1. The van der Waals surface area contributed by atoms with Crippen LogP contribution in [0.5, 0.6) is 0 Å². The maximum absolute atomic E-state index is 13.1. The average molecular weight is 477 g/mol. The number of hydrogen-bond donors (Lipinski definition) is 3. The Morgan fingerprint density at radius 1 is 1.21 bits per heavy atom. The van der Waals surface area contributed by atoms with Crippen LogP contribution in [0.15, 0.2) is 29.2 Å². The molecule has 0 amide bonds. The van der Waals surface area contributed by atoms with E-state index in [1.54, 1.807) is 24.3 Å². The summed E-state index contributed by atoms with van der Waals surface area (Å²) < 4.78 is 32.9. The van der Waals surface area contributed by atoms with Gasteiger partial charge in [-0.2, -0.15) is 9.29 Å². The zero-order valence-corrected chi connectivity index (χ0v) is 19.7. The van der Waals surface area contributed by atoms with Crippen LogP contribution in [0, 0.1) is 6.92 Å². The largest absolute Gasteiger partial charge is 0.379 e. The highest BCUT2D eigenvalue weighted by Crippen LogP contribution is 2.28. The van der Waals surface area contributed by atoms with Gasteiger partial charge in [0.25, 0.3) is 0 Å². The van der Waals surface area contributed by atoms with Crippen molar-refractivity contribution in [2.75, 3.05) is 57.0 Å². The first-order valence-corrected chi connectivity index (χ1v) is 12.8. The number of rotatable bonds is 8. The van der Waals surface area contributed by atoms with Gasteiger partial charge in [-0.1, -0.05) is 6.07 Å². The van der Waals surface area contributed by atoms with E-state index in [9.17, 15) is 13.5 Å². The minimum Gasteiger partial charge on any atom is -0.379 e. The number of likely N-dealkylation sites (tertiary alicyclic amines) is 1. The zero-order valence-electron chi connectivity index (χ0n) is 18.9. The molecule has 2 fully saturated rings. The normalized spacial score (nSPS) is 20.2. The number of nitrogens with zero attached hydrogens (tertiary/aromatic N) is 4. The lowest BCUT2D eigenvalue weighted by Gasteiger charge is -2.26. The third kappa shape index (κ3) is 5.61. The number of ether oxygens (including phenoxy) is 1. The Hall–Kier alpha value is -2.31. The SMILES string of the molecule is Cc1ccc(S(=O)(=O)N2CCOCC2)cc1-c1cc(NCCCN2CCCC2O)nc(N)n1. The van der Waals surface area contributed by atoms with E-state index >= 15 is 0 Å². The molecule has 2 aromatic rings. The van der Waals surface area contributed by atoms with Gasteiger partial charge in [-0.25, -0.2) is 13.4 Å². The van der Waals surface area contributed by atoms with Crippen molar-refractivity contribution in [1.29, 1.82) is 0 Å². The number of aryl methyl sites for hydroxylation is 1. The summed E-state index contributed by atoms with van der Waals surface area (Å²) in [5.41, 5.74) is 8.12. The third-order valence-electron chi connectivity index (χ3n) is 6.09. The lowest BCUT2D eigenvalue weighted by Crippen LogP contribution is -2.40. The van der Waals surface area contributed by atoms with Gasteiger partial charge in [-0.05, 0) is 43.9 Å². The molecular weight excluding hydrogens is 444 g/mol. The quantitative estimate of drug-likeness (QED) is 0.482. The molecule has 1 aromatic carbocycles. The van der Waals surface area contributed by atoms with Gasteiger partial charge in [0.2, 0.25) is 16.0 Å². The molecule has 33 heavy (non-hydrogen) atoms. The smallest absolute Gasteiger partial charge is 0.243 e. The molecule has 3 heterocycles. The van der Waals surface area contributed by atoms with Crippen LogP contribution in [0.25, 0.3) is 11.3 Å². The minimum absolute atomic E-state index is 0.116. The Morgan fingerprint density at radius 2 is 2.00 bits per heavy atom. The summed E-state index contributed by atoms with van der Waals surface area (Å²) in [5.74, 6) is 0.700. The van der Waals surface area contributed by atoms with Crippen molar-refractivity contribution in [3.8, 4) is 11.3 Å². The molecule has 0 spiro atoms. The molecule has 180 valence electrons. The standard InChI is InChI=1S/C22H32N6O4S/c1-16-5-6-17(33(30,31)28-10-12-32-13-11-28)14-18(16)19-15-20(26-22(23)25-19)24-7-3-9-27-8-2-4-21(27)29/h5-6,14-15,21,29H,2-4,7-13H2,1H3,(H3,23,24,25,26). The molecule has 2 aliphatic rings. The number of anilines is 2. The summed E-state index contributed by atoms with van der Waals surface area (Å²) in [6.45, 7) is 5.79. The Bertz CT molecular complexity index is 1070. The number of nitrogens with one attached hydrogen (secondary N) is 1. The number of benzene rings is 1. The van der Waals surface area contributed by atoms with Crippen LogP contribution in [0.1, 0.15) is 24.8 Å². The third-order valence-corrected chi connectivity index (χ3v) is 7.99. The van der Waals surface area contributed by atoms with Gasteiger partial charge >= 0.3 is 0 Å². The average Bonchev–Trinajstić information content (AvgIpc) is 3.21. The lowest BCUT2D eigenvalue weighted by atomic mass is 10.1. The topological polar surface area (TPSA) is 134 Å². The number of morpholine rings is 1. The Morgan fingerprint density at radius 3 is 2.73 bits per heavy atom. The van der Waals surface area contributed by atoms with Gasteiger partial charge in [0, 0.05) is 44.4 Å². The van der Waals surface area contributed by atoms with E-state index in [0.717, 1.165) is 37.9 Å². The van der Waals surface area contributed by atoms with Crippen molar-refractivity contribution in [3.63, 3.8) is 0 Å². The molecule has 11 heteroatoms. The molecule has 0 bridgehead atoms. The van der Waals surface area contributed by atoms with Crippen LogP contribution in [0.2, 0.25) is 0 Å². The number of hydrogen-bond acceptors (Lipinski definition) is 9. The van der Waals surface area contributed by atoms with Crippen LogP contribution < -0.4 is 11.1 Å². The molecule has 1 atom stereocenters. The first kappa shape index (κ1) is 23.8. The van der Waals surface area contributed by atoms with Crippen LogP contribution in [-0.4, -0.2) is 84.9 Å². The molecule has 4 N–H and O–H groups in total. The summed E-state index contributed by atoms with van der Waals surface area (Å²) in [4.78, 5) is 10.9. The lowest BCUT2D eigenvalue weighted by molar-refractivity contribution is 0.0382. The maximum atomic E-state index is 13.1. The zero-order chi connectivity index (χ0) is 23.4. The molecule has 10 nitrogen and oxygen atoms in total. The molecule has 1 unspecified atom stereocenters. The summed E-state index contributed by atoms with van der Waals surface area (Å²) in [6, 6.07) is 6.85. The molecule has 2 aliphatic heterocycles. The van der Waals surface area contributed by atoms with E-state index in [1.807, 2.05) is 6.92 Å². The Balaban J connectivity index is 1.50. The Labute approximate surface area is 194 Å². The molecule has 4 rings (SSSR count). The molecule has 0 saturated carbocycles. The van der Waals surface area contributed by atoms with E-state index in [0.29, 0.717) is 49.9 Å². The Kier molecular flexibility index (Phi) is 7.45.